The number of nitrogens with one attached hydrogen (secondary N) is 2. The Morgan fingerprint density at radius 1 is 1.04 bits per heavy atom. The maximum atomic E-state index is 12.0. The lowest BCUT2D eigenvalue weighted by Gasteiger charge is -2.19. The first-order chi connectivity index (χ1) is 10.7. The van der Waals surface area contributed by atoms with E-state index in [1.165, 1.54) is 6.92 Å². The van der Waals surface area contributed by atoms with Crippen molar-refractivity contribution in [1.82, 2.24) is 10.6 Å². The Balaban J connectivity index is 2.86. The highest BCUT2D eigenvalue weighted by Gasteiger charge is 2.25. The third-order valence-electron chi connectivity index (χ3n) is 2.91. The molecule has 9 heteroatoms. The van der Waals surface area contributed by atoms with Crippen molar-refractivity contribution in [3.8, 4) is 0 Å². The second-order valence-electron chi connectivity index (χ2n) is 4.81. The van der Waals surface area contributed by atoms with Crippen molar-refractivity contribution < 1.29 is 19.2 Å². The van der Waals surface area contributed by atoms with E-state index in [-0.39, 0.29) is 12.3 Å². The molecule has 1 unspecified atom stereocenters. The first kappa shape index (κ1) is 18.4. The fourth-order valence-electron chi connectivity index (χ4n) is 1.88. The van der Waals surface area contributed by atoms with Gasteiger partial charge < -0.3 is 22.1 Å². The molecule has 1 rings (SSSR count). The first-order valence-corrected chi connectivity index (χ1v) is 6.99. The molecule has 0 aliphatic rings. The van der Waals surface area contributed by atoms with Crippen molar-refractivity contribution in [3.63, 3.8) is 0 Å². The van der Waals surface area contributed by atoms with Gasteiger partial charge in [-0.05, 0) is 17.7 Å². The van der Waals surface area contributed by atoms with Crippen LogP contribution in [0.5, 0.6) is 0 Å². The molecule has 0 saturated carbocycles. The lowest BCUT2D eigenvalue weighted by Crippen LogP contribution is -2.52. The average molecular weight is 341 g/mol. The van der Waals surface area contributed by atoms with Gasteiger partial charge in [-0.25, -0.2) is 0 Å². The molecule has 6 N–H and O–H groups in total. The molecule has 0 bridgehead atoms. The zero-order valence-electron chi connectivity index (χ0n) is 12.3. The van der Waals surface area contributed by atoms with Gasteiger partial charge in [-0.3, -0.25) is 19.2 Å². The molecule has 8 nitrogen and oxygen atoms in total. The second-order valence-corrected chi connectivity index (χ2v) is 5.25. The summed E-state index contributed by atoms with van der Waals surface area (Å²) in [6, 6.07) is 4.25. The minimum atomic E-state index is -1.61. The van der Waals surface area contributed by atoms with Crippen LogP contribution < -0.4 is 22.1 Å². The van der Waals surface area contributed by atoms with Gasteiger partial charge in [0.2, 0.25) is 23.6 Å². The predicted octanol–water partition coefficient (Wildman–Crippen LogP) is -0.637. The second kappa shape index (κ2) is 8.14. The molecule has 0 heterocycles. The van der Waals surface area contributed by atoms with E-state index >= 15 is 0 Å². The van der Waals surface area contributed by atoms with Crippen molar-refractivity contribution in [3.05, 3.63) is 34.9 Å². The monoisotopic (exact) mass is 340 g/mol. The van der Waals surface area contributed by atoms with Gasteiger partial charge in [0.15, 0.2) is 6.04 Å². The summed E-state index contributed by atoms with van der Waals surface area (Å²) >= 11 is 5.80. The number of hydrogen-bond donors (Lipinski definition) is 4. The molecule has 0 aliphatic carbocycles. The minimum Gasteiger partial charge on any atom is -0.367 e. The van der Waals surface area contributed by atoms with Gasteiger partial charge in [0.25, 0.3) is 0 Å². The summed E-state index contributed by atoms with van der Waals surface area (Å²) < 4.78 is 0. The molecular formula is C14H17ClN4O4. The van der Waals surface area contributed by atoms with E-state index in [0.717, 1.165) is 0 Å². The van der Waals surface area contributed by atoms with Gasteiger partial charge in [-0.1, -0.05) is 23.7 Å². The Morgan fingerprint density at radius 2 is 1.57 bits per heavy atom. The molecule has 0 aliphatic heterocycles. The van der Waals surface area contributed by atoms with E-state index in [2.05, 4.69) is 10.6 Å². The Hall–Kier alpha value is -2.61. The molecule has 124 valence electrons. The predicted molar refractivity (Wildman–Crippen MR) is 82.9 cm³/mol. The fourth-order valence-corrected chi connectivity index (χ4v) is 2.01. The number of halogens is 1. The summed E-state index contributed by atoms with van der Waals surface area (Å²) in [6.45, 7) is 1.30. The highest BCUT2D eigenvalue weighted by atomic mass is 35.5. The van der Waals surface area contributed by atoms with Crippen LogP contribution in [0.15, 0.2) is 24.3 Å². The van der Waals surface area contributed by atoms with Crippen LogP contribution >= 0.6 is 11.6 Å². The third kappa shape index (κ3) is 5.95. The van der Waals surface area contributed by atoms with Crippen molar-refractivity contribution in [2.75, 3.05) is 0 Å². The van der Waals surface area contributed by atoms with E-state index in [9.17, 15) is 19.2 Å². The number of rotatable bonds is 7. The van der Waals surface area contributed by atoms with Gasteiger partial charge in [-0.2, -0.15) is 0 Å². The Bertz CT molecular complexity index is 604. The minimum absolute atomic E-state index is 0.210. The summed E-state index contributed by atoms with van der Waals surface area (Å²) in [7, 11) is 0. The van der Waals surface area contributed by atoms with Crippen LogP contribution in [-0.4, -0.2) is 29.7 Å². The van der Waals surface area contributed by atoms with E-state index in [1.807, 2.05) is 0 Å². The highest BCUT2D eigenvalue weighted by molar-refractivity contribution is 6.30. The largest absolute Gasteiger partial charge is 0.367 e. The zero-order valence-corrected chi connectivity index (χ0v) is 13.1. The standard InChI is InChI=1S/C14H17ClN4O4/c1-7(20)18-10(8-2-4-9(15)5-3-8)6-11(21)19-12(13(16)22)14(17)23/h2-5,10,12H,6H2,1H3,(H2,16,22)(H2,17,23)(H,18,20)(H,19,21). The number of carbonyl (C=O) groups is 4. The summed E-state index contributed by atoms with van der Waals surface area (Å²) in [4.78, 5) is 45.4. The Morgan fingerprint density at radius 3 is 2.00 bits per heavy atom. The molecule has 0 spiro atoms. The molecule has 0 aromatic heterocycles. The molecule has 1 aromatic rings. The smallest absolute Gasteiger partial charge is 0.249 e. The molecule has 0 saturated heterocycles. The van der Waals surface area contributed by atoms with Crippen LogP contribution in [0.3, 0.4) is 0 Å². The average Bonchev–Trinajstić information content (AvgIpc) is 2.43. The maximum Gasteiger partial charge on any atom is 0.249 e. The molecule has 1 atom stereocenters. The van der Waals surface area contributed by atoms with E-state index in [1.54, 1.807) is 24.3 Å². The number of amides is 4. The molecule has 0 fully saturated rings. The van der Waals surface area contributed by atoms with Crippen LogP contribution in [0, 0.1) is 0 Å². The highest BCUT2D eigenvalue weighted by Crippen LogP contribution is 2.19. The topological polar surface area (TPSA) is 144 Å². The summed E-state index contributed by atoms with van der Waals surface area (Å²) in [5.41, 5.74) is 10.6. The van der Waals surface area contributed by atoms with Crippen molar-refractivity contribution in [2.45, 2.75) is 25.4 Å². The fraction of sp³-hybridized carbons (Fsp3) is 0.286. The Kier molecular flexibility index (Phi) is 6.52. The summed E-state index contributed by atoms with van der Waals surface area (Å²) in [5, 5.41) is 5.24. The number of primary amides is 2. The molecular weight excluding hydrogens is 324 g/mol. The quantitative estimate of drug-likeness (QED) is 0.489. The molecule has 1 aromatic carbocycles. The summed E-state index contributed by atoms with van der Waals surface area (Å²) in [6.07, 6.45) is -0.210. The zero-order chi connectivity index (χ0) is 17.6. The van der Waals surface area contributed by atoms with Crippen LogP contribution in [0.2, 0.25) is 5.02 Å². The van der Waals surface area contributed by atoms with E-state index in [0.29, 0.717) is 10.6 Å². The number of hydrogen-bond acceptors (Lipinski definition) is 4. The van der Waals surface area contributed by atoms with Crippen LogP contribution in [-0.2, 0) is 19.2 Å². The van der Waals surface area contributed by atoms with Gasteiger partial charge in [0.1, 0.15) is 0 Å². The number of nitrogens with two attached hydrogens (primary N) is 2. The van der Waals surface area contributed by atoms with Gasteiger partial charge in [-0.15, -0.1) is 0 Å². The van der Waals surface area contributed by atoms with E-state index in [4.69, 9.17) is 23.1 Å². The molecule has 0 radical (unpaired) electrons. The normalized spacial score (nSPS) is 11.6. The van der Waals surface area contributed by atoms with Gasteiger partial charge in [0.05, 0.1) is 12.5 Å². The molecule has 4 amide bonds. The molecule has 23 heavy (non-hydrogen) atoms. The Labute approximate surface area is 137 Å². The first-order valence-electron chi connectivity index (χ1n) is 6.61. The van der Waals surface area contributed by atoms with Crippen LogP contribution in [0.1, 0.15) is 24.9 Å². The number of carbonyl (C=O) groups excluding carboxylic acids is 4. The lowest BCUT2D eigenvalue weighted by molar-refractivity contribution is -0.134. The summed E-state index contributed by atoms with van der Waals surface area (Å²) in [5.74, 6) is -3.14. The number of benzene rings is 1. The third-order valence-corrected chi connectivity index (χ3v) is 3.17. The van der Waals surface area contributed by atoms with Crippen LogP contribution in [0.25, 0.3) is 0 Å². The van der Waals surface area contributed by atoms with Crippen LogP contribution in [0.4, 0.5) is 0 Å². The van der Waals surface area contributed by atoms with E-state index < -0.39 is 29.8 Å². The van der Waals surface area contributed by atoms with Gasteiger partial charge >= 0.3 is 0 Å². The van der Waals surface area contributed by atoms with Crippen molar-refractivity contribution in [1.29, 1.82) is 0 Å². The SMILES string of the molecule is CC(=O)NC(CC(=O)NC(C(N)=O)C(N)=O)c1ccc(Cl)cc1. The van der Waals surface area contributed by atoms with Gasteiger partial charge in [0, 0.05) is 11.9 Å². The maximum absolute atomic E-state index is 12.0. The van der Waals surface area contributed by atoms with Crippen molar-refractivity contribution in [2.24, 2.45) is 11.5 Å². The van der Waals surface area contributed by atoms with Crippen molar-refractivity contribution >= 4 is 35.2 Å². The lowest BCUT2D eigenvalue weighted by atomic mass is 10.0.